The highest BCUT2D eigenvalue weighted by molar-refractivity contribution is 6.30. The van der Waals surface area contributed by atoms with E-state index in [1.54, 1.807) is 53.4 Å². The number of nitrogens with one attached hydrogen (secondary N) is 1. The van der Waals surface area contributed by atoms with Gasteiger partial charge in [0.05, 0.1) is 0 Å². The lowest BCUT2D eigenvalue weighted by molar-refractivity contribution is 0.0989. The van der Waals surface area contributed by atoms with Gasteiger partial charge in [0.25, 0.3) is 11.8 Å². The molecule has 4 nitrogen and oxygen atoms in total. The fourth-order valence-electron chi connectivity index (χ4n) is 3.23. The highest BCUT2D eigenvalue weighted by Crippen LogP contribution is 2.29. The summed E-state index contributed by atoms with van der Waals surface area (Å²) in [5.74, 6) is -0.366. The van der Waals surface area contributed by atoms with Gasteiger partial charge in [0.2, 0.25) is 0 Å². The van der Waals surface area contributed by atoms with Crippen molar-refractivity contribution in [1.29, 1.82) is 0 Å². The number of rotatable bonds is 3. The molecule has 0 fully saturated rings. The molecule has 0 unspecified atom stereocenters. The van der Waals surface area contributed by atoms with Crippen molar-refractivity contribution in [2.24, 2.45) is 0 Å². The molecule has 0 bridgehead atoms. The van der Waals surface area contributed by atoms with Crippen LogP contribution in [0.5, 0.6) is 0 Å². The minimum Gasteiger partial charge on any atom is -0.322 e. The lowest BCUT2D eigenvalue weighted by Gasteiger charge is -2.17. The molecular weight excluding hydrogens is 360 g/mol. The molecule has 0 saturated carbocycles. The van der Waals surface area contributed by atoms with Gasteiger partial charge in [-0.2, -0.15) is 0 Å². The van der Waals surface area contributed by atoms with Gasteiger partial charge in [-0.05, 0) is 60.5 Å². The molecule has 3 aromatic carbocycles. The fraction of sp³-hybridized carbons (Fsp3) is 0.0909. The summed E-state index contributed by atoms with van der Waals surface area (Å²) in [4.78, 5) is 27.3. The molecule has 3 aromatic rings. The van der Waals surface area contributed by atoms with Crippen LogP contribution in [-0.2, 0) is 6.42 Å². The number of hydrogen-bond acceptors (Lipinski definition) is 2. The van der Waals surface area contributed by atoms with E-state index in [-0.39, 0.29) is 11.8 Å². The maximum Gasteiger partial charge on any atom is 0.258 e. The Balaban J connectivity index is 1.55. The van der Waals surface area contributed by atoms with Crippen LogP contribution >= 0.6 is 11.6 Å². The monoisotopic (exact) mass is 376 g/mol. The Bertz CT molecular complexity index is 1010. The van der Waals surface area contributed by atoms with E-state index in [0.717, 1.165) is 12.1 Å². The summed E-state index contributed by atoms with van der Waals surface area (Å²) in [6.45, 7) is 0.652. The standard InChI is InChI=1S/C22H17ClN2O2/c23-18-8-10-19(11-9-18)24-21(26)16-5-3-6-17(14-16)22(27)25-13-12-15-4-1-2-7-20(15)25/h1-11,14H,12-13H2,(H,24,26). The van der Waals surface area contributed by atoms with Crippen LogP contribution < -0.4 is 10.2 Å². The Morgan fingerprint density at radius 3 is 2.44 bits per heavy atom. The lowest BCUT2D eigenvalue weighted by Crippen LogP contribution is -2.29. The van der Waals surface area contributed by atoms with Gasteiger partial charge < -0.3 is 10.2 Å². The van der Waals surface area contributed by atoms with Crippen molar-refractivity contribution in [2.45, 2.75) is 6.42 Å². The Morgan fingerprint density at radius 2 is 1.63 bits per heavy atom. The summed E-state index contributed by atoms with van der Waals surface area (Å²) < 4.78 is 0. The van der Waals surface area contributed by atoms with Crippen LogP contribution in [0.15, 0.2) is 72.8 Å². The number of carbonyl (C=O) groups is 2. The molecule has 1 aliphatic rings. The van der Waals surface area contributed by atoms with E-state index in [0.29, 0.717) is 28.4 Å². The van der Waals surface area contributed by atoms with Gasteiger partial charge in [0, 0.05) is 34.1 Å². The number of nitrogens with zero attached hydrogens (tertiary/aromatic N) is 1. The molecule has 4 rings (SSSR count). The van der Waals surface area contributed by atoms with E-state index in [2.05, 4.69) is 5.32 Å². The Kier molecular flexibility index (Phi) is 4.65. The van der Waals surface area contributed by atoms with E-state index in [4.69, 9.17) is 11.6 Å². The number of carbonyl (C=O) groups excluding carboxylic acids is 2. The maximum absolute atomic E-state index is 13.0. The van der Waals surface area contributed by atoms with Crippen LogP contribution in [-0.4, -0.2) is 18.4 Å². The normalized spacial score (nSPS) is 12.6. The van der Waals surface area contributed by atoms with Crippen LogP contribution in [0.3, 0.4) is 0 Å². The summed E-state index contributed by atoms with van der Waals surface area (Å²) in [7, 11) is 0. The van der Waals surface area contributed by atoms with Crippen molar-refractivity contribution in [3.8, 4) is 0 Å². The summed E-state index contributed by atoms with van der Waals surface area (Å²) in [5, 5.41) is 3.42. The van der Waals surface area contributed by atoms with Crippen molar-refractivity contribution in [1.82, 2.24) is 0 Å². The zero-order valence-corrected chi connectivity index (χ0v) is 15.2. The van der Waals surface area contributed by atoms with E-state index >= 15 is 0 Å². The number of para-hydroxylation sites is 1. The van der Waals surface area contributed by atoms with Gasteiger partial charge in [-0.25, -0.2) is 0 Å². The van der Waals surface area contributed by atoms with Crippen molar-refractivity contribution >= 4 is 34.8 Å². The van der Waals surface area contributed by atoms with Crippen molar-refractivity contribution in [2.75, 3.05) is 16.8 Å². The molecule has 1 N–H and O–H groups in total. The second kappa shape index (κ2) is 7.25. The van der Waals surface area contributed by atoms with Crippen LogP contribution in [0, 0.1) is 0 Å². The second-order valence-electron chi connectivity index (χ2n) is 6.38. The van der Waals surface area contributed by atoms with Crippen LogP contribution in [0.25, 0.3) is 0 Å². The molecule has 0 radical (unpaired) electrons. The zero-order chi connectivity index (χ0) is 18.8. The van der Waals surface area contributed by atoms with E-state index in [1.165, 1.54) is 5.56 Å². The zero-order valence-electron chi connectivity index (χ0n) is 14.5. The predicted molar refractivity (Wildman–Crippen MR) is 108 cm³/mol. The van der Waals surface area contributed by atoms with Gasteiger partial charge in [-0.15, -0.1) is 0 Å². The molecule has 1 heterocycles. The third-order valence-electron chi connectivity index (χ3n) is 4.61. The fourth-order valence-corrected chi connectivity index (χ4v) is 3.36. The van der Waals surface area contributed by atoms with Crippen LogP contribution in [0.2, 0.25) is 5.02 Å². The quantitative estimate of drug-likeness (QED) is 0.714. The summed E-state index contributed by atoms with van der Waals surface area (Å²) in [6.07, 6.45) is 0.846. The number of amides is 2. The first kappa shape index (κ1) is 17.3. The highest BCUT2D eigenvalue weighted by atomic mass is 35.5. The average Bonchev–Trinajstić information content (AvgIpc) is 3.13. The predicted octanol–water partition coefficient (Wildman–Crippen LogP) is 4.80. The SMILES string of the molecule is O=C(Nc1ccc(Cl)cc1)c1cccc(C(=O)N2CCc3ccccc32)c1. The van der Waals surface area contributed by atoms with E-state index in [1.807, 2.05) is 24.3 Å². The molecule has 134 valence electrons. The maximum atomic E-state index is 13.0. The van der Waals surface area contributed by atoms with Gasteiger partial charge in [-0.1, -0.05) is 35.9 Å². The Labute approximate surface area is 162 Å². The number of anilines is 2. The van der Waals surface area contributed by atoms with Crippen LogP contribution in [0.4, 0.5) is 11.4 Å². The average molecular weight is 377 g/mol. The number of fused-ring (bicyclic) bond motifs is 1. The number of halogens is 1. The molecule has 0 aliphatic carbocycles. The number of benzene rings is 3. The van der Waals surface area contributed by atoms with E-state index < -0.39 is 0 Å². The van der Waals surface area contributed by atoms with Gasteiger partial charge in [0.15, 0.2) is 0 Å². The summed E-state index contributed by atoms with van der Waals surface area (Å²) in [6, 6.07) is 21.6. The van der Waals surface area contributed by atoms with Gasteiger partial charge in [0.1, 0.15) is 0 Å². The molecule has 0 saturated heterocycles. The molecule has 1 aliphatic heterocycles. The molecule has 0 spiro atoms. The largest absolute Gasteiger partial charge is 0.322 e. The minimum absolute atomic E-state index is 0.0962. The van der Waals surface area contributed by atoms with Crippen molar-refractivity contribution < 1.29 is 9.59 Å². The summed E-state index contributed by atoms with van der Waals surface area (Å²) in [5.41, 5.74) is 3.69. The summed E-state index contributed by atoms with van der Waals surface area (Å²) >= 11 is 5.86. The smallest absolute Gasteiger partial charge is 0.258 e. The van der Waals surface area contributed by atoms with Crippen LogP contribution in [0.1, 0.15) is 26.3 Å². The third kappa shape index (κ3) is 3.57. The molecule has 0 atom stereocenters. The highest BCUT2D eigenvalue weighted by Gasteiger charge is 2.25. The van der Waals surface area contributed by atoms with Gasteiger partial charge in [-0.3, -0.25) is 9.59 Å². The van der Waals surface area contributed by atoms with Crippen molar-refractivity contribution in [3.05, 3.63) is 94.5 Å². The Hall–Kier alpha value is -3.11. The lowest BCUT2D eigenvalue weighted by atomic mass is 10.1. The first-order valence-electron chi connectivity index (χ1n) is 8.68. The second-order valence-corrected chi connectivity index (χ2v) is 6.81. The molecule has 5 heteroatoms. The number of hydrogen-bond donors (Lipinski definition) is 1. The molecule has 27 heavy (non-hydrogen) atoms. The minimum atomic E-state index is -0.270. The van der Waals surface area contributed by atoms with Gasteiger partial charge >= 0.3 is 0 Å². The molecular formula is C22H17ClN2O2. The van der Waals surface area contributed by atoms with E-state index in [9.17, 15) is 9.59 Å². The topological polar surface area (TPSA) is 49.4 Å². The molecule has 2 amide bonds. The Morgan fingerprint density at radius 1 is 0.889 bits per heavy atom. The third-order valence-corrected chi connectivity index (χ3v) is 4.86. The first-order valence-corrected chi connectivity index (χ1v) is 9.06. The first-order chi connectivity index (χ1) is 13.1. The van der Waals surface area contributed by atoms with Crippen molar-refractivity contribution in [3.63, 3.8) is 0 Å². The molecule has 0 aromatic heterocycles.